The number of benzene rings is 2. The highest BCUT2D eigenvalue weighted by Crippen LogP contribution is 2.32. The van der Waals surface area contributed by atoms with Crippen molar-refractivity contribution in [3.63, 3.8) is 0 Å². The van der Waals surface area contributed by atoms with Crippen LogP contribution in [0, 0.1) is 0 Å². The first-order valence-corrected chi connectivity index (χ1v) is 12.1. The van der Waals surface area contributed by atoms with Gasteiger partial charge in [0.1, 0.15) is 17.6 Å². The van der Waals surface area contributed by atoms with Gasteiger partial charge in [-0.15, -0.1) is 0 Å². The number of para-hydroxylation sites is 2. The van der Waals surface area contributed by atoms with Gasteiger partial charge in [-0.25, -0.2) is 0 Å². The number of carbonyl (C=O) groups excluding carboxylic acids is 2. The molecule has 6 nitrogen and oxygen atoms in total. The van der Waals surface area contributed by atoms with Crippen molar-refractivity contribution in [3.05, 3.63) is 59.7 Å². The molecule has 2 aromatic rings. The third kappa shape index (κ3) is 5.00. The van der Waals surface area contributed by atoms with E-state index in [4.69, 9.17) is 9.47 Å². The van der Waals surface area contributed by atoms with Crippen molar-refractivity contribution in [1.82, 2.24) is 9.80 Å². The summed E-state index contributed by atoms with van der Waals surface area (Å²) in [6.45, 7) is 3.94. The molecule has 0 bridgehead atoms. The Labute approximate surface area is 196 Å². The molecule has 176 valence electrons. The molecule has 0 aromatic heterocycles. The molecular formula is C27H34N2O4. The van der Waals surface area contributed by atoms with Crippen LogP contribution in [0.2, 0.25) is 0 Å². The number of nitrogens with zero attached hydrogens (tertiary/aromatic N) is 2. The molecule has 0 radical (unpaired) electrons. The van der Waals surface area contributed by atoms with E-state index in [1.165, 1.54) is 0 Å². The molecule has 2 aliphatic rings. The van der Waals surface area contributed by atoms with Crippen LogP contribution in [0.4, 0.5) is 0 Å². The van der Waals surface area contributed by atoms with Gasteiger partial charge in [0.15, 0.2) is 0 Å². The highest BCUT2D eigenvalue weighted by Gasteiger charge is 2.36. The van der Waals surface area contributed by atoms with Crippen LogP contribution < -0.4 is 9.47 Å². The van der Waals surface area contributed by atoms with Gasteiger partial charge in [-0.05, 0) is 63.3 Å². The van der Waals surface area contributed by atoms with Crippen molar-refractivity contribution in [2.24, 2.45) is 0 Å². The summed E-state index contributed by atoms with van der Waals surface area (Å²) in [6, 6.07) is 14.9. The molecule has 1 aliphatic carbocycles. The van der Waals surface area contributed by atoms with Crippen molar-refractivity contribution in [1.29, 1.82) is 0 Å². The zero-order chi connectivity index (χ0) is 23.2. The van der Waals surface area contributed by atoms with Gasteiger partial charge in [-0.2, -0.15) is 0 Å². The number of hydrogen-bond acceptors (Lipinski definition) is 4. The summed E-state index contributed by atoms with van der Waals surface area (Å²) in [5.41, 5.74) is 1.19. The molecule has 1 aliphatic heterocycles. The highest BCUT2D eigenvalue weighted by atomic mass is 16.5. The van der Waals surface area contributed by atoms with Crippen LogP contribution in [-0.4, -0.2) is 60.5 Å². The van der Waals surface area contributed by atoms with E-state index in [-0.39, 0.29) is 24.0 Å². The summed E-state index contributed by atoms with van der Waals surface area (Å²) in [6.07, 6.45) is 5.38. The van der Waals surface area contributed by atoms with E-state index in [1.54, 1.807) is 7.11 Å². The minimum Gasteiger partial charge on any atom is -0.496 e. The fourth-order valence-corrected chi connectivity index (χ4v) is 5.03. The number of amides is 2. The van der Waals surface area contributed by atoms with Crippen molar-refractivity contribution in [2.45, 2.75) is 57.6 Å². The van der Waals surface area contributed by atoms with E-state index in [0.29, 0.717) is 42.3 Å². The monoisotopic (exact) mass is 450 g/mol. The van der Waals surface area contributed by atoms with E-state index in [9.17, 15) is 9.59 Å². The van der Waals surface area contributed by atoms with Crippen LogP contribution in [0.25, 0.3) is 0 Å². The molecule has 6 heteroatoms. The maximum atomic E-state index is 13.8. The summed E-state index contributed by atoms with van der Waals surface area (Å²) in [5.74, 6) is 1.21. The molecule has 1 fully saturated rings. The molecule has 0 spiro atoms. The Morgan fingerprint density at radius 3 is 2.55 bits per heavy atom. The lowest BCUT2D eigenvalue weighted by atomic mass is 9.90. The van der Waals surface area contributed by atoms with E-state index in [2.05, 4.69) is 0 Å². The van der Waals surface area contributed by atoms with Gasteiger partial charge < -0.3 is 19.3 Å². The Morgan fingerprint density at radius 1 is 1.00 bits per heavy atom. The quantitative estimate of drug-likeness (QED) is 0.675. The molecular weight excluding hydrogens is 416 g/mol. The minimum atomic E-state index is -0.152. The Morgan fingerprint density at radius 2 is 1.73 bits per heavy atom. The van der Waals surface area contributed by atoms with Gasteiger partial charge >= 0.3 is 0 Å². The fraction of sp³-hybridized carbons (Fsp3) is 0.481. The molecule has 0 unspecified atom stereocenters. The largest absolute Gasteiger partial charge is 0.496 e. The van der Waals surface area contributed by atoms with Gasteiger partial charge in [0, 0.05) is 19.6 Å². The topological polar surface area (TPSA) is 59.1 Å². The zero-order valence-electron chi connectivity index (χ0n) is 19.7. The SMILES string of the molecule is CCN1CCCCN(C(=O)c2ccccc2OC)[C@@H]2CCCC[C@@H]2Oc2ccccc2C1=O. The first-order valence-electron chi connectivity index (χ1n) is 12.1. The zero-order valence-corrected chi connectivity index (χ0v) is 19.7. The van der Waals surface area contributed by atoms with E-state index >= 15 is 0 Å². The van der Waals surface area contributed by atoms with Gasteiger partial charge in [-0.3, -0.25) is 9.59 Å². The summed E-state index contributed by atoms with van der Waals surface area (Å²) in [7, 11) is 1.60. The van der Waals surface area contributed by atoms with Gasteiger partial charge in [-0.1, -0.05) is 30.7 Å². The number of methoxy groups -OCH3 is 1. The molecule has 2 amide bonds. The smallest absolute Gasteiger partial charge is 0.257 e. The van der Waals surface area contributed by atoms with Gasteiger partial charge in [0.05, 0.1) is 24.3 Å². The van der Waals surface area contributed by atoms with Gasteiger partial charge in [0.2, 0.25) is 0 Å². The Hall–Kier alpha value is -3.02. The van der Waals surface area contributed by atoms with Crippen LogP contribution in [0.15, 0.2) is 48.5 Å². The maximum Gasteiger partial charge on any atom is 0.257 e. The average Bonchev–Trinajstić information content (AvgIpc) is 2.86. The van der Waals surface area contributed by atoms with Crippen LogP contribution >= 0.6 is 0 Å². The predicted octanol–water partition coefficient (Wildman–Crippen LogP) is 4.78. The number of ether oxygens (including phenoxy) is 2. The Bertz CT molecular complexity index is 976. The van der Waals surface area contributed by atoms with E-state index in [1.807, 2.05) is 65.3 Å². The third-order valence-corrected chi connectivity index (χ3v) is 6.81. The lowest BCUT2D eigenvalue weighted by molar-refractivity contribution is 0.0257. The highest BCUT2D eigenvalue weighted by molar-refractivity contribution is 5.97. The van der Waals surface area contributed by atoms with Crippen molar-refractivity contribution in [2.75, 3.05) is 26.7 Å². The second kappa shape index (κ2) is 10.7. The lowest BCUT2D eigenvalue weighted by Crippen LogP contribution is -2.51. The lowest BCUT2D eigenvalue weighted by Gasteiger charge is -2.41. The van der Waals surface area contributed by atoms with E-state index in [0.717, 1.165) is 38.5 Å². The van der Waals surface area contributed by atoms with Crippen LogP contribution in [0.3, 0.4) is 0 Å². The predicted molar refractivity (Wildman–Crippen MR) is 128 cm³/mol. The number of fused-ring (bicyclic) bond motifs is 2. The van der Waals surface area contributed by atoms with Gasteiger partial charge in [0.25, 0.3) is 11.8 Å². The minimum absolute atomic E-state index is 0.0123. The van der Waals surface area contributed by atoms with E-state index < -0.39 is 0 Å². The molecule has 4 rings (SSSR count). The number of rotatable bonds is 3. The molecule has 2 aromatic carbocycles. The summed E-state index contributed by atoms with van der Waals surface area (Å²) < 4.78 is 12.0. The molecule has 0 N–H and O–H groups in total. The van der Waals surface area contributed by atoms with Crippen molar-refractivity contribution in [3.8, 4) is 11.5 Å². The molecule has 1 heterocycles. The maximum absolute atomic E-state index is 13.8. The molecule has 2 atom stereocenters. The summed E-state index contributed by atoms with van der Waals surface area (Å²) in [4.78, 5) is 30.9. The Kier molecular flexibility index (Phi) is 7.53. The fourth-order valence-electron chi connectivity index (χ4n) is 5.03. The van der Waals surface area contributed by atoms with Crippen LogP contribution in [-0.2, 0) is 0 Å². The number of carbonyl (C=O) groups is 2. The Balaban J connectivity index is 1.71. The number of hydrogen-bond donors (Lipinski definition) is 0. The van der Waals surface area contributed by atoms with Crippen molar-refractivity contribution < 1.29 is 19.1 Å². The third-order valence-electron chi connectivity index (χ3n) is 6.81. The van der Waals surface area contributed by atoms with Crippen LogP contribution in [0.5, 0.6) is 11.5 Å². The second-order valence-electron chi connectivity index (χ2n) is 8.80. The molecule has 1 saturated carbocycles. The molecule has 0 saturated heterocycles. The second-order valence-corrected chi connectivity index (χ2v) is 8.80. The van der Waals surface area contributed by atoms with Crippen molar-refractivity contribution >= 4 is 11.8 Å². The summed E-state index contributed by atoms with van der Waals surface area (Å²) >= 11 is 0. The standard InChI is InChI=1S/C27H34N2O4/c1-3-28-18-10-11-19-29(27(31)20-12-4-7-15-23(20)32-2)22-14-6-9-17-25(22)33-24-16-8-5-13-21(24)26(28)30/h4-5,7-8,12-13,15-16,22,25H,3,6,9-11,14,17-19H2,1-2H3/t22-,25+/m1/s1. The normalized spacial score (nSPS) is 21.7. The van der Waals surface area contributed by atoms with Crippen LogP contribution in [0.1, 0.15) is 66.2 Å². The molecule has 33 heavy (non-hydrogen) atoms. The average molecular weight is 451 g/mol. The first-order chi connectivity index (χ1) is 16.1. The summed E-state index contributed by atoms with van der Waals surface area (Å²) in [5, 5.41) is 0. The first kappa shape index (κ1) is 23.1.